The van der Waals surface area contributed by atoms with Gasteiger partial charge in [0.2, 0.25) is 0 Å². The van der Waals surface area contributed by atoms with Gasteiger partial charge in [0, 0.05) is 29.3 Å². The van der Waals surface area contributed by atoms with E-state index in [1.807, 2.05) is 24.3 Å². The number of nitrogens with zero attached hydrogens (tertiary/aromatic N) is 2. The maximum absolute atomic E-state index is 13.5. The average molecular weight is 446 g/mol. The van der Waals surface area contributed by atoms with Crippen LogP contribution in [0, 0.1) is 5.82 Å². The van der Waals surface area contributed by atoms with E-state index in [2.05, 4.69) is 0 Å². The van der Waals surface area contributed by atoms with Crippen LogP contribution in [0.1, 0.15) is 32.2 Å². The highest BCUT2D eigenvalue weighted by molar-refractivity contribution is 6.07. The lowest BCUT2D eigenvalue weighted by Crippen LogP contribution is -2.70. The number of aliphatic hydroxyl groups is 1. The predicted molar refractivity (Wildman–Crippen MR) is 121 cm³/mol. The van der Waals surface area contributed by atoms with E-state index in [1.54, 1.807) is 41.2 Å². The molecule has 7 heteroatoms. The Bertz CT molecular complexity index is 1210. The van der Waals surface area contributed by atoms with Crippen molar-refractivity contribution in [2.24, 2.45) is 0 Å². The Labute approximate surface area is 190 Å². The van der Waals surface area contributed by atoms with Gasteiger partial charge in [0.1, 0.15) is 11.6 Å². The predicted octanol–water partition coefficient (Wildman–Crippen LogP) is 3.46. The van der Waals surface area contributed by atoms with Gasteiger partial charge >= 0.3 is 0 Å². The molecular weight excluding hydrogens is 423 g/mol. The smallest absolute Gasteiger partial charge is 0.258 e. The summed E-state index contributed by atoms with van der Waals surface area (Å²) in [6.45, 7) is 0.0907. The second-order valence-electron chi connectivity index (χ2n) is 8.27. The molecule has 0 spiro atoms. The highest BCUT2D eigenvalue weighted by Crippen LogP contribution is 2.49. The molecule has 168 valence electrons. The van der Waals surface area contributed by atoms with Crippen molar-refractivity contribution in [2.45, 2.75) is 18.0 Å². The standard InChI is InChI=1S/C26H23FN2O4/c1-33-19-6-4-5-17(13-19)25(31)28-14-22-24(20-7-2-3-8-21(20)28)23(15-30)29(22)26(32)16-9-11-18(27)12-10-16/h2-13,22-24,30H,14-15H2,1H3/t22-,23+,24+/m1/s1. The van der Waals surface area contributed by atoms with Crippen molar-refractivity contribution in [2.75, 3.05) is 25.2 Å². The SMILES string of the molecule is COc1cccc(C(=O)N2C[C@@H]3[C@H](c4ccccc42)[C@H](CO)N3C(=O)c2ccc(F)cc2)c1. The zero-order chi connectivity index (χ0) is 23.1. The Hall–Kier alpha value is -3.71. The molecule has 0 unspecified atom stereocenters. The number of amides is 2. The first-order chi connectivity index (χ1) is 16.0. The molecule has 0 radical (unpaired) electrons. The molecule has 1 N–H and O–H groups in total. The lowest BCUT2D eigenvalue weighted by atomic mass is 9.71. The van der Waals surface area contributed by atoms with E-state index < -0.39 is 11.9 Å². The molecule has 0 bridgehead atoms. The van der Waals surface area contributed by atoms with Crippen LogP contribution in [-0.2, 0) is 0 Å². The van der Waals surface area contributed by atoms with Crippen molar-refractivity contribution in [3.05, 3.63) is 95.3 Å². The van der Waals surface area contributed by atoms with Gasteiger partial charge in [0.15, 0.2) is 0 Å². The highest BCUT2D eigenvalue weighted by atomic mass is 19.1. The topological polar surface area (TPSA) is 70.1 Å². The molecule has 0 saturated carbocycles. The van der Waals surface area contributed by atoms with E-state index >= 15 is 0 Å². The van der Waals surface area contributed by atoms with Gasteiger partial charge in [-0.15, -0.1) is 0 Å². The Morgan fingerprint density at radius 1 is 1.00 bits per heavy atom. The van der Waals surface area contributed by atoms with Crippen molar-refractivity contribution in [3.63, 3.8) is 0 Å². The van der Waals surface area contributed by atoms with Gasteiger partial charge in [-0.05, 0) is 54.1 Å². The van der Waals surface area contributed by atoms with Crippen molar-refractivity contribution < 1.29 is 23.8 Å². The molecule has 2 heterocycles. The zero-order valence-corrected chi connectivity index (χ0v) is 18.0. The van der Waals surface area contributed by atoms with Gasteiger partial charge < -0.3 is 19.6 Å². The lowest BCUT2D eigenvalue weighted by Gasteiger charge is -2.58. The number of likely N-dealkylation sites (tertiary alicyclic amines) is 1. The zero-order valence-electron chi connectivity index (χ0n) is 18.0. The van der Waals surface area contributed by atoms with Crippen LogP contribution in [0.2, 0.25) is 0 Å². The lowest BCUT2D eigenvalue weighted by molar-refractivity contribution is -0.0246. The summed E-state index contributed by atoms with van der Waals surface area (Å²) < 4.78 is 18.6. The molecule has 0 aromatic heterocycles. The van der Waals surface area contributed by atoms with Crippen LogP contribution in [0.5, 0.6) is 5.75 Å². The summed E-state index contributed by atoms with van der Waals surface area (Å²) in [5, 5.41) is 10.1. The summed E-state index contributed by atoms with van der Waals surface area (Å²) in [6.07, 6.45) is 0. The summed E-state index contributed by atoms with van der Waals surface area (Å²) in [6, 6.07) is 19.2. The van der Waals surface area contributed by atoms with E-state index in [4.69, 9.17) is 4.74 Å². The molecule has 3 aromatic rings. The number of fused-ring (bicyclic) bond motifs is 3. The minimum absolute atomic E-state index is 0.0926. The minimum atomic E-state index is -0.423. The minimum Gasteiger partial charge on any atom is -0.497 e. The largest absolute Gasteiger partial charge is 0.497 e. The number of para-hydroxylation sites is 1. The monoisotopic (exact) mass is 446 g/mol. The quantitative estimate of drug-likeness (QED) is 0.667. The van der Waals surface area contributed by atoms with E-state index in [-0.39, 0.29) is 30.4 Å². The number of benzene rings is 3. The number of halogens is 1. The molecule has 2 aliphatic rings. The second-order valence-corrected chi connectivity index (χ2v) is 8.27. The number of hydrogen-bond acceptors (Lipinski definition) is 4. The molecule has 0 aliphatic carbocycles. The fourth-order valence-electron chi connectivity index (χ4n) is 5.01. The van der Waals surface area contributed by atoms with Gasteiger partial charge in [-0.1, -0.05) is 24.3 Å². The third-order valence-electron chi connectivity index (χ3n) is 6.57. The molecule has 5 rings (SSSR count). The van der Waals surface area contributed by atoms with Crippen LogP contribution in [0.15, 0.2) is 72.8 Å². The number of anilines is 1. The van der Waals surface area contributed by atoms with Crippen LogP contribution in [0.3, 0.4) is 0 Å². The number of carbonyl (C=O) groups excluding carboxylic acids is 2. The third kappa shape index (κ3) is 3.45. The van der Waals surface area contributed by atoms with Crippen molar-refractivity contribution in [1.82, 2.24) is 4.90 Å². The Morgan fingerprint density at radius 3 is 2.48 bits per heavy atom. The Balaban J connectivity index is 1.52. The number of rotatable bonds is 4. The maximum atomic E-state index is 13.5. The van der Waals surface area contributed by atoms with Crippen molar-refractivity contribution in [3.8, 4) is 5.75 Å². The molecule has 1 saturated heterocycles. The first kappa shape index (κ1) is 21.2. The van der Waals surface area contributed by atoms with Gasteiger partial charge in [0.25, 0.3) is 11.8 Å². The van der Waals surface area contributed by atoms with E-state index in [0.29, 0.717) is 23.4 Å². The normalized spacial score (nSPS) is 21.0. The molecule has 33 heavy (non-hydrogen) atoms. The molecule has 3 atom stereocenters. The van der Waals surface area contributed by atoms with Crippen LogP contribution < -0.4 is 9.64 Å². The van der Waals surface area contributed by atoms with Crippen LogP contribution in [0.4, 0.5) is 10.1 Å². The van der Waals surface area contributed by atoms with E-state index in [0.717, 1.165) is 11.3 Å². The van der Waals surface area contributed by atoms with Crippen LogP contribution in [0.25, 0.3) is 0 Å². The number of ether oxygens (including phenoxy) is 1. The van der Waals surface area contributed by atoms with Gasteiger partial charge in [-0.2, -0.15) is 0 Å². The molecule has 1 fully saturated rings. The molecule has 3 aromatic carbocycles. The molecular formula is C26H23FN2O4. The number of carbonyl (C=O) groups is 2. The summed E-state index contributed by atoms with van der Waals surface area (Å²) >= 11 is 0. The number of aliphatic hydroxyl groups excluding tert-OH is 1. The molecule has 6 nitrogen and oxygen atoms in total. The van der Waals surface area contributed by atoms with Crippen LogP contribution in [-0.4, -0.2) is 54.2 Å². The first-order valence-electron chi connectivity index (χ1n) is 10.8. The Morgan fingerprint density at radius 2 is 1.76 bits per heavy atom. The summed E-state index contributed by atoms with van der Waals surface area (Å²) in [7, 11) is 1.55. The van der Waals surface area contributed by atoms with Crippen molar-refractivity contribution in [1.29, 1.82) is 0 Å². The van der Waals surface area contributed by atoms with Gasteiger partial charge in [0.05, 0.1) is 25.8 Å². The molecule has 2 aliphatic heterocycles. The molecule has 2 amide bonds. The third-order valence-corrected chi connectivity index (χ3v) is 6.57. The summed E-state index contributed by atoms with van der Waals surface area (Å²) in [5.41, 5.74) is 2.53. The highest BCUT2D eigenvalue weighted by Gasteiger charge is 2.55. The second kappa shape index (κ2) is 8.33. The Kier molecular flexibility index (Phi) is 5.34. The van der Waals surface area contributed by atoms with E-state index in [1.165, 1.54) is 24.3 Å². The van der Waals surface area contributed by atoms with Crippen molar-refractivity contribution >= 4 is 17.5 Å². The van der Waals surface area contributed by atoms with Crippen LogP contribution >= 0.6 is 0 Å². The first-order valence-corrected chi connectivity index (χ1v) is 10.8. The van der Waals surface area contributed by atoms with E-state index in [9.17, 15) is 19.1 Å². The number of hydrogen-bond donors (Lipinski definition) is 1. The fraction of sp³-hybridized carbons (Fsp3) is 0.231. The number of methoxy groups -OCH3 is 1. The average Bonchev–Trinajstić information content (AvgIpc) is 2.84. The van der Waals surface area contributed by atoms with Gasteiger partial charge in [-0.25, -0.2) is 4.39 Å². The fourth-order valence-corrected chi connectivity index (χ4v) is 5.01. The summed E-state index contributed by atoms with van der Waals surface area (Å²) in [4.78, 5) is 30.1. The summed E-state index contributed by atoms with van der Waals surface area (Å²) in [5.74, 6) is -0.413. The van der Waals surface area contributed by atoms with Gasteiger partial charge in [-0.3, -0.25) is 9.59 Å². The maximum Gasteiger partial charge on any atom is 0.258 e.